The van der Waals surface area contributed by atoms with Crippen LogP contribution in [-0.4, -0.2) is 79.0 Å². The summed E-state index contributed by atoms with van der Waals surface area (Å²) in [6.45, 7) is 2.52. The number of rotatable bonds is 5. The lowest BCUT2D eigenvalue weighted by Crippen LogP contribution is -2.53. The van der Waals surface area contributed by atoms with Crippen molar-refractivity contribution in [3.8, 4) is 5.75 Å². The van der Waals surface area contributed by atoms with Crippen molar-refractivity contribution in [3.05, 3.63) is 29.8 Å². The number of nitrogens with zero attached hydrogens (tertiary/aromatic N) is 1. The van der Waals surface area contributed by atoms with Crippen molar-refractivity contribution in [3.63, 3.8) is 0 Å². The van der Waals surface area contributed by atoms with E-state index in [9.17, 15) is 19.0 Å². The quantitative estimate of drug-likeness (QED) is 0.801. The molecule has 26 heavy (non-hydrogen) atoms. The Morgan fingerprint density at radius 3 is 2.38 bits per heavy atom. The van der Waals surface area contributed by atoms with Crippen LogP contribution in [-0.2, 0) is 9.47 Å². The highest BCUT2D eigenvalue weighted by Crippen LogP contribution is 2.24. The summed E-state index contributed by atoms with van der Waals surface area (Å²) >= 11 is 0. The fourth-order valence-electron chi connectivity index (χ4n) is 3.37. The van der Waals surface area contributed by atoms with Gasteiger partial charge in [-0.3, -0.25) is 4.90 Å². The molecule has 0 saturated carbocycles. The second-order valence-corrected chi connectivity index (χ2v) is 7.22. The Bertz CT molecular complexity index is 591. The van der Waals surface area contributed by atoms with Crippen molar-refractivity contribution in [1.82, 2.24) is 4.90 Å². The first-order valence-electron chi connectivity index (χ1n) is 8.77. The van der Waals surface area contributed by atoms with Gasteiger partial charge in [0.1, 0.15) is 29.6 Å². The van der Waals surface area contributed by atoms with Crippen LogP contribution >= 0.6 is 0 Å². The molecule has 6 nitrogen and oxygen atoms in total. The Hall–Kier alpha value is -1.32. The molecule has 0 aromatic heterocycles. The van der Waals surface area contributed by atoms with Crippen LogP contribution in [0.2, 0.25) is 0 Å². The zero-order chi connectivity index (χ0) is 18.6. The van der Waals surface area contributed by atoms with Crippen molar-refractivity contribution in [2.75, 3.05) is 52.7 Å². The molecule has 2 saturated heterocycles. The smallest absolute Gasteiger partial charge is 0.134 e. The molecule has 2 heterocycles. The highest BCUT2D eigenvalue weighted by molar-refractivity contribution is 5.24. The maximum atomic E-state index is 13.3. The van der Waals surface area contributed by atoms with E-state index in [1.807, 2.05) is 4.90 Å². The molecule has 8 heteroatoms. The Balaban J connectivity index is 1.61. The Labute approximate surface area is 151 Å². The Kier molecular flexibility index (Phi) is 6.09. The average molecular weight is 373 g/mol. The van der Waals surface area contributed by atoms with Crippen LogP contribution in [0, 0.1) is 11.6 Å². The largest absolute Gasteiger partial charge is 0.490 e. The number of hydrogen-bond donors (Lipinski definition) is 2. The van der Waals surface area contributed by atoms with E-state index >= 15 is 0 Å². The number of hydrogen-bond acceptors (Lipinski definition) is 6. The van der Waals surface area contributed by atoms with E-state index in [2.05, 4.69) is 0 Å². The maximum absolute atomic E-state index is 13.3. The van der Waals surface area contributed by atoms with Crippen LogP contribution < -0.4 is 4.74 Å². The van der Waals surface area contributed by atoms with Gasteiger partial charge in [0.25, 0.3) is 0 Å². The van der Waals surface area contributed by atoms with E-state index in [-0.39, 0.29) is 25.5 Å². The normalized spacial score (nSPS) is 27.1. The van der Waals surface area contributed by atoms with E-state index in [0.29, 0.717) is 45.8 Å². The first kappa shape index (κ1) is 19.4. The summed E-state index contributed by atoms with van der Waals surface area (Å²) in [4.78, 5) is 1.94. The van der Waals surface area contributed by atoms with Crippen LogP contribution in [0.1, 0.15) is 12.8 Å². The topological polar surface area (TPSA) is 71.4 Å². The molecule has 0 radical (unpaired) electrons. The summed E-state index contributed by atoms with van der Waals surface area (Å²) in [5.41, 5.74) is -2.20. The van der Waals surface area contributed by atoms with Gasteiger partial charge >= 0.3 is 0 Å². The zero-order valence-corrected chi connectivity index (χ0v) is 14.6. The summed E-state index contributed by atoms with van der Waals surface area (Å²) in [5.74, 6) is -1.48. The number of halogens is 2. The Morgan fingerprint density at radius 1 is 1.00 bits per heavy atom. The molecule has 1 aromatic rings. The lowest BCUT2D eigenvalue weighted by atomic mass is 9.93. The van der Waals surface area contributed by atoms with Gasteiger partial charge in [0.2, 0.25) is 0 Å². The van der Waals surface area contributed by atoms with Gasteiger partial charge in [-0.25, -0.2) is 8.78 Å². The van der Waals surface area contributed by atoms with Gasteiger partial charge < -0.3 is 24.4 Å². The van der Waals surface area contributed by atoms with Crippen LogP contribution in [0.3, 0.4) is 0 Å². The molecule has 0 unspecified atom stereocenters. The third-order valence-electron chi connectivity index (χ3n) is 4.73. The van der Waals surface area contributed by atoms with Gasteiger partial charge in [0.15, 0.2) is 0 Å². The standard InChI is InChI=1S/C18H25F2NO5/c19-14-7-15(20)9-16(8-14)26-13-18(23)11-21(3-6-25-12-18)10-17(22)1-4-24-5-2-17/h7-9,22-23H,1-6,10-13H2/t18-/m0/s1. The van der Waals surface area contributed by atoms with Gasteiger partial charge in [0, 0.05) is 63.9 Å². The first-order valence-corrected chi connectivity index (χ1v) is 8.77. The summed E-state index contributed by atoms with van der Waals surface area (Å²) < 4.78 is 42.7. The molecule has 0 spiro atoms. The molecule has 1 atom stereocenters. The van der Waals surface area contributed by atoms with Gasteiger partial charge in [-0.05, 0) is 0 Å². The van der Waals surface area contributed by atoms with Gasteiger partial charge in [0.05, 0.1) is 18.8 Å². The third kappa shape index (κ3) is 5.34. The Morgan fingerprint density at radius 2 is 1.69 bits per heavy atom. The van der Waals surface area contributed by atoms with Gasteiger partial charge in [-0.2, -0.15) is 0 Å². The highest BCUT2D eigenvalue weighted by Gasteiger charge is 2.38. The van der Waals surface area contributed by atoms with Crippen molar-refractivity contribution < 1.29 is 33.2 Å². The minimum absolute atomic E-state index is 0.00906. The second-order valence-electron chi connectivity index (χ2n) is 7.22. The molecule has 3 rings (SSSR count). The summed E-state index contributed by atoms with van der Waals surface area (Å²) in [7, 11) is 0. The third-order valence-corrected chi connectivity index (χ3v) is 4.73. The highest BCUT2D eigenvalue weighted by atomic mass is 19.1. The monoisotopic (exact) mass is 373 g/mol. The van der Waals surface area contributed by atoms with Crippen LogP contribution in [0.25, 0.3) is 0 Å². The van der Waals surface area contributed by atoms with Crippen LogP contribution in [0.4, 0.5) is 8.78 Å². The second kappa shape index (κ2) is 8.14. The molecule has 0 bridgehead atoms. The lowest BCUT2D eigenvalue weighted by Gasteiger charge is -2.38. The predicted octanol–water partition coefficient (Wildman–Crippen LogP) is 0.948. The number of β-amino-alcohol motifs (C(OH)–C–C–N with tert-alkyl or cyclic N) is 2. The van der Waals surface area contributed by atoms with Gasteiger partial charge in [-0.1, -0.05) is 0 Å². The van der Waals surface area contributed by atoms with E-state index in [4.69, 9.17) is 14.2 Å². The zero-order valence-electron chi connectivity index (χ0n) is 14.6. The van der Waals surface area contributed by atoms with E-state index in [1.54, 1.807) is 0 Å². The van der Waals surface area contributed by atoms with Gasteiger partial charge in [-0.15, -0.1) is 0 Å². The predicted molar refractivity (Wildman–Crippen MR) is 89.1 cm³/mol. The number of benzene rings is 1. The van der Waals surface area contributed by atoms with E-state index in [0.717, 1.165) is 18.2 Å². The molecule has 2 aliphatic heterocycles. The molecule has 0 aliphatic carbocycles. The van der Waals surface area contributed by atoms with Crippen molar-refractivity contribution in [2.45, 2.75) is 24.0 Å². The van der Waals surface area contributed by atoms with Crippen molar-refractivity contribution in [2.24, 2.45) is 0 Å². The molecular formula is C18H25F2NO5. The fourth-order valence-corrected chi connectivity index (χ4v) is 3.37. The minimum Gasteiger partial charge on any atom is -0.490 e. The first-order chi connectivity index (χ1) is 12.4. The minimum atomic E-state index is -1.35. The molecule has 1 aromatic carbocycles. The summed E-state index contributed by atoms with van der Waals surface area (Å²) in [6.07, 6.45) is 1.09. The average Bonchev–Trinajstić information content (AvgIpc) is 2.74. The van der Waals surface area contributed by atoms with Crippen molar-refractivity contribution in [1.29, 1.82) is 0 Å². The van der Waals surface area contributed by atoms with Crippen molar-refractivity contribution >= 4 is 0 Å². The van der Waals surface area contributed by atoms with E-state index < -0.39 is 22.8 Å². The molecule has 2 aliphatic rings. The lowest BCUT2D eigenvalue weighted by molar-refractivity contribution is -0.0948. The molecule has 146 valence electrons. The number of aliphatic hydroxyl groups is 2. The summed E-state index contributed by atoms with van der Waals surface area (Å²) in [6, 6.07) is 2.88. The van der Waals surface area contributed by atoms with Crippen LogP contribution in [0.5, 0.6) is 5.75 Å². The summed E-state index contributed by atoms with van der Waals surface area (Å²) in [5, 5.41) is 21.5. The van der Waals surface area contributed by atoms with Crippen LogP contribution in [0.15, 0.2) is 18.2 Å². The molecule has 2 N–H and O–H groups in total. The molecular weight excluding hydrogens is 348 g/mol. The number of ether oxygens (including phenoxy) is 3. The fraction of sp³-hybridized carbons (Fsp3) is 0.667. The molecule has 0 amide bonds. The van der Waals surface area contributed by atoms with E-state index in [1.165, 1.54) is 0 Å². The maximum Gasteiger partial charge on any atom is 0.134 e. The molecule has 2 fully saturated rings. The SMILES string of the molecule is OC1(CN2CCOC[C@](O)(COc3cc(F)cc(F)c3)C2)CCOCC1.